The molecule has 5 rings (SSSR count). The summed E-state index contributed by atoms with van der Waals surface area (Å²) in [5.41, 5.74) is 2.05. The molecule has 0 spiro atoms. The molecule has 0 bridgehead atoms. The van der Waals surface area contributed by atoms with Crippen molar-refractivity contribution in [2.75, 3.05) is 13.7 Å². The van der Waals surface area contributed by atoms with Gasteiger partial charge in [-0.1, -0.05) is 54.1 Å². The Bertz CT molecular complexity index is 1760. The Morgan fingerprint density at radius 3 is 2.21 bits per heavy atom. The van der Waals surface area contributed by atoms with Gasteiger partial charge in [-0.25, -0.2) is 17.6 Å². The third-order valence-corrected chi connectivity index (χ3v) is 9.13. The van der Waals surface area contributed by atoms with Crippen LogP contribution < -0.4 is 14.0 Å². The number of aliphatic hydroxyl groups is 1. The Morgan fingerprint density at radius 1 is 0.957 bits per heavy atom. The minimum absolute atomic E-state index is 0.117. The molecule has 1 N–H and O–H groups in total. The van der Waals surface area contributed by atoms with Gasteiger partial charge in [-0.2, -0.15) is 0 Å². The lowest BCUT2D eigenvalue weighted by Gasteiger charge is -2.15. The summed E-state index contributed by atoms with van der Waals surface area (Å²) in [4.78, 5) is 0.902. The lowest BCUT2D eigenvalue weighted by molar-refractivity contribution is -0.704. The predicted molar refractivity (Wildman–Crippen MR) is 181 cm³/mol. The Morgan fingerprint density at radius 2 is 1.64 bits per heavy atom. The Labute approximate surface area is 285 Å². The summed E-state index contributed by atoms with van der Waals surface area (Å²) >= 11 is 7.76. The van der Waals surface area contributed by atoms with E-state index >= 15 is 0 Å². The van der Waals surface area contributed by atoms with E-state index in [-0.39, 0.29) is 17.1 Å². The van der Waals surface area contributed by atoms with Gasteiger partial charge < -0.3 is 23.9 Å². The number of rotatable bonds is 14. The first-order valence-corrected chi connectivity index (χ1v) is 17.6. The van der Waals surface area contributed by atoms with E-state index in [0.717, 1.165) is 32.7 Å². The van der Waals surface area contributed by atoms with Crippen molar-refractivity contribution in [2.24, 2.45) is 0 Å². The van der Waals surface area contributed by atoms with Crippen LogP contribution in [0.3, 0.4) is 0 Å². The van der Waals surface area contributed by atoms with Crippen LogP contribution in [0.2, 0.25) is 4.34 Å². The van der Waals surface area contributed by atoms with Crippen molar-refractivity contribution >= 4 is 33.1 Å². The minimum atomic E-state index is -4.25. The molecule has 5 aromatic rings. The van der Waals surface area contributed by atoms with Gasteiger partial charge in [0, 0.05) is 4.88 Å². The highest BCUT2D eigenvalue weighted by molar-refractivity contribution is 7.85. The molecule has 0 aliphatic carbocycles. The molecule has 0 radical (unpaired) electrons. The van der Waals surface area contributed by atoms with Crippen molar-refractivity contribution in [3.8, 4) is 11.5 Å². The summed E-state index contributed by atoms with van der Waals surface area (Å²) in [6.07, 6.45) is 6.13. The van der Waals surface area contributed by atoms with Crippen LogP contribution in [-0.2, 0) is 34.4 Å². The molecular weight excluding hydrogens is 660 g/mol. The molecule has 12 heteroatoms. The SMILES string of the molecule is COc1ccc(CCOC(Cn2cc[n+](CC(O)c3ccc(OC(C)C)cc3)c2)c2ccc(Cl)s2)cc1.O=S(=O)([O-])c1ccccc1. The molecule has 3 aromatic carbocycles. The molecule has 2 unspecified atom stereocenters. The molecule has 2 atom stereocenters. The quantitative estimate of drug-likeness (QED) is 0.103. The van der Waals surface area contributed by atoms with E-state index in [1.54, 1.807) is 13.2 Å². The first-order valence-electron chi connectivity index (χ1n) is 15.0. The fraction of sp³-hybridized carbons (Fsp3) is 0.286. The van der Waals surface area contributed by atoms with Crippen molar-refractivity contribution in [1.29, 1.82) is 0 Å². The van der Waals surface area contributed by atoms with Crippen LogP contribution in [0.4, 0.5) is 0 Å². The molecule has 0 saturated heterocycles. The number of thiophene rings is 1. The van der Waals surface area contributed by atoms with Crippen LogP contribution in [-0.4, -0.2) is 42.5 Å². The second kappa shape index (κ2) is 17.4. The number of methoxy groups -OCH3 is 1. The Balaban J connectivity index is 0.000000427. The zero-order chi connectivity index (χ0) is 33.8. The third-order valence-electron chi connectivity index (χ3n) is 6.96. The molecule has 0 fully saturated rings. The average molecular weight is 699 g/mol. The number of ether oxygens (including phenoxy) is 3. The first kappa shape index (κ1) is 36.1. The van der Waals surface area contributed by atoms with Crippen LogP contribution in [0.1, 0.15) is 42.1 Å². The number of halogens is 1. The number of imidazole rings is 1. The van der Waals surface area contributed by atoms with Crippen molar-refractivity contribution in [1.82, 2.24) is 4.57 Å². The standard InChI is InChI=1S/C29H34ClN2O4S.C6H6O3S/c1-21(2)36-25-10-6-23(7-11-25)26(33)18-31-15-16-32(20-31)19-27(28-12-13-29(30)37-28)35-17-14-22-4-8-24(34-3)9-5-22;7-10(8,9)6-4-2-1-3-5-6/h4-13,15-16,20-21,26-27,33H,14,17-19H2,1-3H3;1-5H,(H,7,8,9)/q+1;/p-1. The first-order chi connectivity index (χ1) is 22.5. The van der Waals surface area contributed by atoms with Gasteiger partial charge in [-0.15, -0.1) is 11.3 Å². The van der Waals surface area contributed by atoms with Crippen LogP contribution in [0.25, 0.3) is 0 Å². The zero-order valence-corrected chi connectivity index (χ0v) is 28.8. The summed E-state index contributed by atoms with van der Waals surface area (Å²) in [5.74, 6) is 1.65. The van der Waals surface area contributed by atoms with Crippen molar-refractivity contribution in [2.45, 2.75) is 56.6 Å². The summed E-state index contributed by atoms with van der Waals surface area (Å²) in [6, 6.07) is 26.8. The number of nitrogens with zero attached hydrogens (tertiary/aromatic N) is 2. The highest BCUT2D eigenvalue weighted by atomic mass is 35.5. The van der Waals surface area contributed by atoms with Gasteiger partial charge in [0.2, 0.25) is 6.33 Å². The van der Waals surface area contributed by atoms with Gasteiger partial charge in [0.15, 0.2) is 0 Å². The van der Waals surface area contributed by atoms with Crippen LogP contribution in [0.5, 0.6) is 11.5 Å². The fourth-order valence-electron chi connectivity index (χ4n) is 4.62. The van der Waals surface area contributed by atoms with Crippen LogP contribution in [0, 0.1) is 0 Å². The molecule has 0 aliphatic heterocycles. The normalized spacial score (nSPS) is 12.7. The highest BCUT2D eigenvalue weighted by Gasteiger charge is 2.20. The Hall–Kier alpha value is -3.71. The zero-order valence-electron chi connectivity index (χ0n) is 26.4. The maximum atomic E-state index is 10.8. The van der Waals surface area contributed by atoms with Gasteiger partial charge in [0.25, 0.3) is 0 Å². The summed E-state index contributed by atoms with van der Waals surface area (Å²) in [5, 5.41) is 10.8. The molecule has 2 heterocycles. The minimum Gasteiger partial charge on any atom is -0.744 e. The van der Waals surface area contributed by atoms with Crippen LogP contribution in [0.15, 0.2) is 115 Å². The Kier molecular flexibility index (Phi) is 13.4. The number of hydrogen-bond acceptors (Lipinski definition) is 8. The van der Waals surface area contributed by atoms with Gasteiger partial charge in [-0.3, -0.25) is 0 Å². The van der Waals surface area contributed by atoms with Gasteiger partial charge >= 0.3 is 0 Å². The van der Waals surface area contributed by atoms with E-state index in [4.69, 9.17) is 25.8 Å². The molecule has 9 nitrogen and oxygen atoms in total. The maximum absolute atomic E-state index is 10.8. The molecule has 0 amide bonds. The summed E-state index contributed by atoms with van der Waals surface area (Å²) < 4.78 is 52.9. The van der Waals surface area contributed by atoms with Crippen LogP contribution >= 0.6 is 22.9 Å². The largest absolute Gasteiger partial charge is 0.744 e. The molecule has 47 heavy (non-hydrogen) atoms. The monoisotopic (exact) mass is 698 g/mol. The van der Waals surface area contributed by atoms with Crippen molar-refractivity contribution < 1.29 is 36.9 Å². The smallest absolute Gasteiger partial charge is 0.243 e. The molecule has 2 aromatic heterocycles. The second-order valence-corrected chi connectivity index (χ2v) is 14.1. The van der Waals surface area contributed by atoms with Gasteiger partial charge in [0.1, 0.15) is 59.3 Å². The fourth-order valence-corrected chi connectivity index (χ4v) is 6.21. The number of aromatic nitrogens is 2. The number of aliphatic hydroxyl groups excluding tert-OH is 1. The van der Waals surface area contributed by atoms with E-state index in [1.165, 1.54) is 41.2 Å². The van der Waals surface area contributed by atoms with Crippen molar-refractivity contribution in [3.63, 3.8) is 0 Å². The number of hydrogen-bond donors (Lipinski definition) is 1. The maximum Gasteiger partial charge on any atom is 0.243 e. The average Bonchev–Trinajstić information content (AvgIpc) is 3.69. The van der Waals surface area contributed by atoms with E-state index < -0.39 is 16.2 Å². The number of benzene rings is 3. The van der Waals surface area contributed by atoms with Crippen molar-refractivity contribution in [3.05, 3.63) is 130 Å². The topological polar surface area (TPSA) is 114 Å². The molecule has 250 valence electrons. The van der Waals surface area contributed by atoms with Gasteiger partial charge in [-0.05, 0) is 79.9 Å². The summed E-state index contributed by atoms with van der Waals surface area (Å²) in [7, 11) is -2.59. The molecule has 0 saturated carbocycles. The predicted octanol–water partition coefficient (Wildman–Crippen LogP) is 6.61. The van der Waals surface area contributed by atoms with E-state index in [0.29, 0.717) is 19.7 Å². The second-order valence-electron chi connectivity index (χ2n) is 10.9. The molecule has 0 aliphatic rings. The lowest BCUT2D eigenvalue weighted by Crippen LogP contribution is -2.34. The van der Waals surface area contributed by atoms with E-state index in [1.807, 2.05) is 85.7 Å². The highest BCUT2D eigenvalue weighted by Crippen LogP contribution is 2.30. The van der Waals surface area contributed by atoms with E-state index in [2.05, 4.69) is 16.7 Å². The summed E-state index contributed by atoms with van der Waals surface area (Å²) in [6.45, 7) is 5.67. The molecular formula is C35H39ClN2O7S2. The third kappa shape index (κ3) is 11.8. The van der Waals surface area contributed by atoms with Gasteiger partial charge in [0.05, 0.1) is 29.1 Å². The van der Waals surface area contributed by atoms with E-state index in [9.17, 15) is 18.1 Å². The lowest BCUT2D eigenvalue weighted by atomic mass is 10.1.